The van der Waals surface area contributed by atoms with Gasteiger partial charge in [0.05, 0.1) is 0 Å². The lowest BCUT2D eigenvalue weighted by molar-refractivity contribution is -0.137. The molecule has 0 heterocycles. The van der Waals surface area contributed by atoms with Gasteiger partial charge in [-0.25, -0.2) is 4.79 Å². The standard InChI is InChI=1S/C9H15NO4/c1-3-6-14-9(13)10-7(2)4-5-8(11)12/h3,7H,1,4-6H2,2H3,(H,10,13)(H,11,12)/t7-/m0/s1. The van der Waals surface area contributed by atoms with Gasteiger partial charge in [-0.05, 0) is 13.3 Å². The predicted octanol–water partition coefficient (Wildman–Crippen LogP) is 1.15. The van der Waals surface area contributed by atoms with Gasteiger partial charge in [0.15, 0.2) is 0 Å². The number of amides is 1. The molecule has 0 unspecified atom stereocenters. The molecule has 0 aromatic rings. The van der Waals surface area contributed by atoms with Gasteiger partial charge in [-0.3, -0.25) is 4.79 Å². The van der Waals surface area contributed by atoms with Gasteiger partial charge < -0.3 is 15.2 Å². The Balaban J connectivity index is 3.59. The zero-order valence-electron chi connectivity index (χ0n) is 8.16. The van der Waals surface area contributed by atoms with Crippen LogP contribution in [-0.4, -0.2) is 29.8 Å². The van der Waals surface area contributed by atoms with E-state index in [1.165, 1.54) is 6.08 Å². The Morgan fingerprint density at radius 3 is 2.79 bits per heavy atom. The van der Waals surface area contributed by atoms with Crippen LogP contribution in [0.5, 0.6) is 0 Å². The molecule has 14 heavy (non-hydrogen) atoms. The minimum Gasteiger partial charge on any atom is -0.481 e. The monoisotopic (exact) mass is 201 g/mol. The van der Waals surface area contributed by atoms with Crippen LogP contribution in [0.3, 0.4) is 0 Å². The highest BCUT2D eigenvalue weighted by molar-refractivity contribution is 5.68. The first-order chi connectivity index (χ1) is 6.56. The van der Waals surface area contributed by atoms with Crippen LogP contribution < -0.4 is 5.32 Å². The fraction of sp³-hybridized carbons (Fsp3) is 0.556. The first-order valence-corrected chi connectivity index (χ1v) is 4.32. The molecule has 0 radical (unpaired) electrons. The summed E-state index contributed by atoms with van der Waals surface area (Å²) >= 11 is 0. The predicted molar refractivity (Wildman–Crippen MR) is 51.0 cm³/mol. The van der Waals surface area contributed by atoms with Crippen molar-refractivity contribution < 1.29 is 19.4 Å². The van der Waals surface area contributed by atoms with E-state index in [9.17, 15) is 9.59 Å². The fourth-order valence-corrected chi connectivity index (χ4v) is 0.790. The summed E-state index contributed by atoms with van der Waals surface area (Å²) in [6.07, 6.45) is 1.32. The van der Waals surface area contributed by atoms with Gasteiger partial charge in [-0.15, -0.1) is 0 Å². The van der Waals surface area contributed by atoms with E-state index in [0.717, 1.165) is 0 Å². The van der Waals surface area contributed by atoms with Crippen molar-refractivity contribution in [3.63, 3.8) is 0 Å². The second kappa shape index (κ2) is 6.94. The van der Waals surface area contributed by atoms with Gasteiger partial charge >= 0.3 is 12.1 Å². The molecule has 80 valence electrons. The average molecular weight is 201 g/mol. The van der Waals surface area contributed by atoms with Gasteiger partial charge in [0.2, 0.25) is 0 Å². The summed E-state index contributed by atoms with van der Waals surface area (Å²) in [5.74, 6) is -0.877. The molecule has 0 aromatic carbocycles. The van der Waals surface area contributed by atoms with Crippen molar-refractivity contribution in [2.24, 2.45) is 0 Å². The molecule has 1 amide bonds. The molecule has 0 bridgehead atoms. The van der Waals surface area contributed by atoms with Crippen LogP contribution in [0.4, 0.5) is 4.79 Å². The summed E-state index contributed by atoms with van der Waals surface area (Å²) in [5, 5.41) is 10.9. The maximum Gasteiger partial charge on any atom is 0.407 e. The third kappa shape index (κ3) is 7.15. The third-order valence-corrected chi connectivity index (χ3v) is 1.49. The second-order valence-electron chi connectivity index (χ2n) is 2.86. The zero-order chi connectivity index (χ0) is 11.0. The molecule has 5 nitrogen and oxygen atoms in total. The summed E-state index contributed by atoms with van der Waals surface area (Å²) in [6, 6.07) is -0.205. The van der Waals surface area contributed by atoms with E-state index < -0.39 is 12.1 Å². The number of ether oxygens (including phenoxy) is 1. The van der Waals surface area contributed by atoms with Crippen LogP contribution in [0, 0.1) is 0 Å². The number of carboxylic acids is 1. The molecule has 2 N–H and O–H groups in total. The number of carbonyl (C=O) groups excluding carboxylic acids is 1. The lowest BCUT2D eigenvalue weighted by Gasteiger charge is -2.11. The molecule has 1 atom stereocenters. The molecule has 0 spiro atoms. The molecule has 0 aromatic heterocycles. The Labute approximate surface area is 82.7 Å². The number of carboxylic acid groups (broad SMARTS) is 1. The minimum absolute atomic E-state index is 0.0307. The smallest absolute Gasteiger partial charge is 0.407 e. The normalized spacial score (nSPS) is 11.5. The van der Waals surface area contributed by atoms with E-state index in [1.807, 2.05) is 0 Å². The summed E-state index contributed by atoms with van der Waals surface area (Å²) in [6.45, 7) is 5.26. The van der Waals surface area contributed by atoms with Crippen molar-refractivity contribution in [1.82, 2.24) is 5.32 Å². The molecular formula is C9H15NO4. The first-order valence-electron chi connectivity index (χ1n) is 4.32. The second-order valence-corrected chi connectivity index (χ2v) is 2.86. The van der Waals surface area contributed by atoms with E-state index in [0.29, 0.717) is 6.42 Å². The number of hydrogen-bond acceptors (Lipinski definition) is 3. The Morgan fingerprint density at radius 1 is 1.64 bits per heavy atom. The maximum atomic E-state index is 10.9. The summed E-state index contributed by atoms with van der Waals surface area (Å²) in [4.78, 5) is 21.1. The Hall–Kier alpha value is -1.52. The molecular weight excluding hydrogens is 186 g/mol. The van der Waals surface area contributed by atoms with E-state index in [-0.39, 0.29) is 19.1 Å². The fourth-order valence-electron chi connectivity index (χ4n) is 0.790. The molecule has 0 saturated heterocycles. The van der Waals surface area contributed by atoms with Gasteiger partial charge in [0.1, 0.15) is 6.61 Å². The van der Waals surface area contributed by atoms with Gasteiger partial charge in [-0.2, -0.15) is 0 Å². The largest absolute Gasteiger partial charge is 0.481 e. The van der Waals surface area contributed by atoms with Crippen molar-refractivity contribution >= 4 is 12.1 Å². The van der Waals surface area contributed by atoms with E-state index in [2.05, 4.69) is 16.6 Å². The van der Waals surface area contributed by atoms with Crippen LogP contribution >= 0.6 is 0 Å². The van der Waals surface area contributed by atoms with Crippen LogP contribution in [-0.2, 0) is 9.53 Å². The highest BCUT2D eigenvalue weighted by Crippen LogP contribution is 1.96. The molecule has 0 aliphatic heterocycles. The number of carbonyl (C=O) groups is 2. The molecule has 0 saturated carbocycles. The Kier molecular flexibility index (Phi) is 6.19. The van der Waals surface area contributed by atoms with Gasteiger partial charge in [-0.1, -0.05) is 12.7 Å². The first kappa shape index (κ1) is 12.5. The minimum atomic E-state index is -0.877. The Bertz CT molecular complexity index is 215. The number of aliphatic carboxylic acids is 1. The summed E-state index contributed by atoms with van der Waals surface area (Å²) in [5.41, 5.74) is 0. The van der Waals surface area contributed by atoms with E-state index in [4.69, 9.17) is 5.11 Å². The molecule has 0 aliphatic carbocycles. The molecule has 0 fully saturated rings. The Morgan fingerprint density at radius 2 is 2.29 bits per heavy atom. The zero-order valence-corrected chi connectivity index (χ0v) is 8.16. The van der Waals surface area contributed by atoms with Gasteiger partial charge in [0.25, 0.3) is 0 Å². The highest BCUT2D eigenvalue weighted by Gasteiger charge is 2.08. The number of rotatable bonds is 6. The van der Waals surface area contributed by atoms with Gasteiger partial charge in [0, 0.05) is 12.5 Å². The topological polar surface area (TPSA) is 75.6 Å². The molecule has 0 aliphatic rings. The molecule has 0 rings (SSSR count). The lowest BCUT2D eigenvalue weighted by atomic mass is 10.2. The van der Waals surface area contributed by atoms with Crippen LogP contribution in [0.2, 0.25) is 0 Å². The van der Waals surface area contributed by atoms with Crippen molar-refractivity contribution in [2.75, 3.05) is 6.61 Å². The average Bonchev–Trinajstić information content (AvgIpc) is 2.11. The SMILES string of the molecule is C=CCOC(=O)N[C@@H](C)CCC(=O)O. The summed E-state index contributed by atoms with van der Waals surface area (Å²) in [7, 11) is 0. The van der Waals surface area contributed by atoms with Crippen molar-refractivity contribution in [3.8, 4) is 0 Å². The van der Waals surface area contributed by atoms with Crippen molar-refractivity contribution in [1.29, 1.82) is 0 Å². The number of nitrogens with one attached hydrogen (secondary N) is 1. The quantitative estimate of drug-likeness (QED) is 0.632. The number of hydrogen-bond donors (Lipinski definition) is 2. The number of alkyl carbamates (subject to hydrolysis) is 1. The third-order valence-electron chi connectivity index (χ3n) is 1.49. The maximum absolute atomic E-state index is 10.9. The van der Waals surface area contributed by atoms with E-state index >= 15 is 0 Å². The molecule has 5 heteroatoms. The summed E-state index contributed by atoms with van der Waals surface area (Å²) < 4.78 is 4.65. The van der Waals surface area contributed by atoms with Crippen molar-refractivity contribution in [2.45, 2.75) is 25.8 Å². The van der Waals surface area contributed by atoms with Crippen LogP contribution in [0.1, 0.15) is 19.8 Å². The van der Waals surface area contributed by atoms with Crippen LogP contribution in [0.15, 0.2) is 12.7 Å². The highest BCUT2D eigenvalue weighted by atomic mass is 16.5. The lowest BCUT2D eigenvalue weighted by Crippen LogP contribution is -2.33. The van der Waals surface area contributed by atoms with Crippen molar-refractivity contribution in [3.05, 3.63) is 12.7 Å². The van der Waals surface area contributed by atoms with E-state index in [1.54, 1.807) is 6.92 Å². The van der Waals surface area contributed by atoms with Crippen LogP contribution in [0.25, 0.3) is 0 Å².